The first-order valence-corrected chi connectivity index (χ1v) is 6.12. The topological polar surface area (TPSA) is 84.3 Å². The van der Waals surface area contributed by atoms with E-state index in [1.54, 1.807) is 0 Å². The Morgan fingerprint density at radius 3 is 2.57 bits per heavy atom. The molecule has 9 heteroatoms. The average molecular weight is 305 g/mol. The molecule has 21 heavy (non-hydrogen) atoms. The zero-order valence-electron chi connectivity index (χ0n) is 11.2. The van der Waals surface area contributed by atoms with Crippen LogP contribution in [-0.4, -0.2) is 23.9 Å². The first-order valence-electron chi connectivity index (χ1n) is 6.12. The van der Waals surface area contributed by atoms with Crippen LogP contribution in [0.1, 0.15) is 18.9 Å². The summed E-state index contributed by atoms with van der Waals surface area (Å²) < 4.78 is 37.5. The summed E-state index contributed by atoms with van der Waals surface area (Å²) in [6, 6.07) is 1.97. The lowest BCUT2D eigenvalue weighted by molar-refractivity contribution is -0.384. The van der Waals surface area contributed by atoms with Crippen LogP contribution in [0.5, 0.6) is 0 Å². The molecule has 6 nitrogen and oxygen atoms in total. The summed E-state index contributed by atoms with van der Waals surface area (Å²) in [5.41, 5.74) is -2.18. The first-order chi connectivity index (χ1) is 9.75. The Morgan fingerprint density at radius 1 is 1.38 bits per heavy atom. The summed E-state index contributed by atoms with van der Waals surface area (Å²) in [7, 11) is 0. The number of carbonyl (C=O) groups is 1. The summed E-state index contributed by atoms with van der Waals surface area (Å²) in [6.45, 7) is 2.88. The highest BCUT2D eigenvalue weighted by atomic mass is 19.4. The number of carbonyl (C=O) groups excluding carboxylic acids is 1. The van der Waals surface area contributed by atoms with Crippen LogP contribution in [0.4, 0.5) is 24.5 Å². The maximum atomic E-state index is 12.5. The second-order valence-electron chi connectivity index (χ2n) is 4.14. The van der Waals surface area contributed by atoms with E-state index in [9.17, 15) is 28.1 Å². The molecule has 0 heterocycles. The highest BCUT2D eigenvalue weighted by Crippen LogP contribution is 2.34. The molecular weight excluding hydrogens is 291 g/mol. The van der Waals surface area contributed by atoms with Crippen molar-refractivity contribution in [2.75, 3.05) is 18.4 Å². The van der Waals surface area contributed by atoms with Crippen molar-refractivity contribution in [1.29, 1.82) is 0 Å². The van der Waals surface area contributed by atoms with Crippen LogP contribution >= 0.6 is 0 Å². The minimum atomic E-state index is -4.68. The number of anilines is 1. The molecule has 1 aromatic carbocycles. The Bertz CT molecular complexity index is 532. The SMILES string of the molecule is CCNCCC(=O)Nc1ccc(C(F)(F)F)cc1[N+](=O)[O-]. The quantitative estimate of drug-likeness (QED) is 0.480. The third-order valence-corrected chi connectivity index (χ3v) is 2.57. The summed E-state index contributed by atoms with van der Waals surface area (Å²) in [4.78, 5) is 21.4. The molecule has 1 amide bonds. The zero-order valence-corrected chi connectivity index (χ0v) is 11.2. The molecule has 1 aromatic rings. The molecule has 2 N–H and O–H groups in total. The maximum Gasteiger partial charge on any atom is 0.416 e. The van der Waals surface area contributed by atoms with Gasteiger partial charge in [0, 0.05) is 19.0 Å². The number of rotatable bonds is 6. The lowest BCUT2D eigenvalue weighted by atomic mass is 10.1. The van der Waals surface area contributed by atoms with Crippen molar-refractivity contribution in [3.05, 3.63) is 33.9 Å². The zero-order chi connectivity index (χ0) is 16.0. The van der Waals surface area contributed by atoms with Gasteiger partial charge in [-0.1, -0.05) is 6.92 Å². The molecule has 0 aliphatic rings. The minimum absolute atomic E-state index is 0.0615. The predicted octanol–water partition coefficient (Wildman–Crippen LogP) is 2.55. The van der Waals surface area contributed by atoms with Gasteiger partial charge in [-0.05, 0) is 18.7 Å². The van der Waals surface area contributed by atoms with E-state index in [1.165, 1.54) is 0 Å². The molecular formula is C12H14F3N3O3. The van der Waals surface area contributed by atoms with Crippen molar-refractivity contribution in [1.82, 2.24) is 5.32 Å². The number of amides is 1. The highest BCUT2D eigenvalue weighted by Gasteiger charge is 2.33. The molecule has 0 saturated heterocycles. The van der Waals surface area contributed by atoms with Crippen molar-refractivity contribution < 1.29 is 22.9 Å². The van der Waals surface area contributed by atoms with Crippen LogP contribution in [0, 0.1) is 10.1 Å². The molecule has 0 aliphatic heterocycles. The molecule has 116 valence electrons. The third-order valence-electron chi connectivity index (χ3n) is 2.57. The molecule has 1 rings (SSSR count). The lowest BCUT2D eigenvalue weighted by Crippen LogP contribution is -2.21. The van der Waals surface area contributed by atoms with Gasteiger partial charge >= 0.3 is 6.18 Å². The standard InChI is InChI=1S/C12H14F3N3O3/c1-2-16-6-5-11(19)17-9-4-3-8(12(13,14)15)7-10(9)18(20)21/h3-4,7,16H,2,5-6H2,1H3,(H,17,19). The van der Waals surface area contributed by atoms with Crippen LogP contribution < -0.4 is 10.6 Å². The van der Waals surface area contributed by atoms with Gasteiger partial charge in [-0.3, -0.25) is 14.9 Å². The Hall–Kier alpha value is -2.16. The van der Waals surface area contributed by atoms with Gasteiger partial charge in [-0.2, -0.15) is 13.2 Å². The number of hydrogen-bond donors (Lipinski definition) is 2. The largest absolute Gasteiger partial charge is 0.416 e. The molecule has 0 aliphatic carbocycles. The van der Waals surface area contributed by atoms with E-state index in [1.807, 2.05) is 6.92 Å². The van der Waals surface area contributed by atoms with E-state index in [4.69, 9.17) is 0 Å². The van der Waals surface area contributed by atoms with E-state index < -0.39 is 28.3 Å². The molecule has 0 saturated carbocycles. The molecule has 0 radical (unpaired) electrons. The number of nitrogens with one attached hydrogen (secondary N) is 2. The van der Waals surface area contributed by atoms with Crippen molar-refractivity contribution in [3.8, 4) is 0 Å². The lowest BCUT2D eigenvalue weighted by Gasteiger charge is -2.10. The number of nitro benzene ring substituents is 1. The summed E-state index contributed by atoms with van der Waals surface area (Å²) in [6.07, 6.45) is -4.62. The van der Waals surface area contributed by atoms with Gasteiger partial charge in [0.1, 0.15) is 5.69 Å². The Morgan fingerprint density at radius 2 is 2.05 bits per heavy atom. The fourth-order valence-corrected chi connectivity index (χ4v) is 1.56. The number of alkyl halides is 3. The summed E-state index contributed by atoms with van der Waals surface area (Å²) >= 11 is 0. The monoisotopic (exact) mass is 305 g/mol. The van der Waals surface area contributed by atoms with Gasteiger partial charge in [-0.15, -0.1) is 0 Å². The summed E-state index contributed by atoms with van der Waals surface area (Å²) in [5, 5.41) is 15.9. The maximum absolute atomic E-state index is 12.5. The number of halogens is 3. The van der Waals surface area contributed by atoms with Gasteiger partial charge in [0.05, 0.1) is 10.5 Å². The van der Waals surface area contributed by atoms with Crippen LogP contribution in [-0.2, 0) is 11.0 Å². The Kier molecular flexibility index (Phi) is 5.65. The minimum Gasteiger partial charge on any atom is -0.320 e. The van der Waals surface area contributed by atoms with E-state index in [0.717, 1.165) is 6.07 Å². The van der Waals surface area contributed by atoms with Gasteiger partial charge in [0.25, 0.3) is 5.69 Å². The smallest absolute Gasteiger partial charge is 0.320 e. The van der Waals surface area contributed by atoms with E-state index in [-0.39, 0.29) is 12.1 Å². The predicted molar refractivity (Wildman–Crippen MR) is 69.9 cm³/mol. The third kappa shape index (κ3) is 5.03. The molecule has 0 fully saturated rings. The Balaban J connectivity index is 2.92. The van der Waals surface area contributed by atoms with Gasteiger partial charge < -0.3 is 10.6 Å². The second kappa shape index (κ2) is 7.02. The Labute approximate surface area is 118 Å². The first kappa shape index (κ1) is 16.9. The van der Waals surface area contributed by atoms with Crippen molar-refractivity contribution in [3.63, 3.8) is 0 Å². The number of benzene rings is 1. The van der Waals surface area contributed by atoms with Crippen molar-refractivity contribution >= 4 is 17.3 Å². The molecule has 0 atom stereocenters. The average Bonchev–Trinajstić information content (AvgIpc) is 2.37. The van der Waals surface area contributed by atoms with E-state index >= 15 is 0 Å². The van der Waals surface area contributed by atoms with Crippen molar-refractivity contribution in [2.24, 2.45) is 0 Å². The number of nitro groups is 1. The van der Waals surface area contributed by atoms with Crippen LogP contribution in [0.2, 0.25) is 0 Å². The van der Waals surface area contributed by atoms with Gasteiger partial charge in [-0.25, -0.2) is 0 Å². The van der Waals surface area contributed by atoms with E-state index in [2.05, 4.69) is 10.6 Å². The summed E-state index contributed by atoms with van der Waals surface area (Å²) in [5.74, 6) is -0.515. The van der Waals surface area contributed by atoms with Gasteiger partial charge in [0.2, 0.25) is 5.91 Å². The fourth-order valence-electron chi connectivity index (χ4n) is 1.56. The number of hydrogen-bond acceptors (Lipinski definition) is 4. The number of nitrogens with zero attached hydrogens (tertiary/aromatic N) is 1. The fraction of sp³-hybridized carbons (Fsp3) is 0.417. The second-order valence-corrected chi connectivity index (χ2v) is 4.14. The molecule has 0 spiro atoms. The van der Waals surface area contributed by atoms with Crippen LogP contribution in [0.15, 0.2) is 18.2 Å². The highest BCUT2D eigenvalue weighted by molar-refractivity contribution is 5.93. The molecule has 0 bridgehead atoms. The van der Waals surface area contributed by atoms with Gasteiger partial charge in [0.15, 0.2) is 0 Å². The molecule has 0 aromatic heterocycles. The normalized spacial score (nSPS) is 11.2. The van der Waals surface area contributed by atoms with Crippen molar-refractivity contribution in [2.45, 2.75) is 19.5 Å². The van der Waals surface area contributed by atoms with Crippen LogP contribution in [0.3, 0.4) is 0 Å². The molecule has 0 unspecified atom stereocenters. The van der Waals surface area contributed by atoms with Crippen LogP contribution in [0.25, 0.3) is 0 Å². The van der Waals surface area contributed by atoms with E-state index in [0.29, 0.717) is 25.2 Å².